The first kappa shape index (κ1) is 20.2. The molecule has 0 saturated carbocycles. The van der Waals surface area contributed by atoms with Gasteiger partial charge in [-0.25, -0.2) is 13.2 Å². The van der Waals surface area contributed by atoms with Gasteiger partial charge in [0.15, 0.2) is 9.84 Å². The molecule has 0 aliphatic rings. The molecular weight excluding hydrogens is 332 g/mol. The van der Waals surface area contributed by atoms with E-state index in [0.29, 0.717) is 18.8 Å². The number of carbonyl (C=O) groups excluding carboxylic acids is 1. The Morgan fingerprint density at radius 1 is 1.25 bits per heavy atom. The SMILES string of the molecule is CN(C)CCOc1cc(S(C)(=O)=O)ccc1NC(=O)OC(C)(C)C. The highest BCUT2D eigenvalue weighted by Crippen LogP contribution is 2.28. The second-order valence-electron chi connectivity index (χ2n) is 6.71. The zero-order valence-corrected chi connectivity index (χ0v) is 15.9. The van der Waals surface area contributed by atoms with E-state index in [0.717, 1.165) is 6.26 Å². The van der Waals surface area contributed by atoms with Crippen LogP contribution in [0.15, 0.2) is 23.1 Å². The van der Waals surface area contributed by atoms with Crippen molar-refractivity contribution in [1.29, 1.82) is 0 Å². The molecule has 0 spiro atoms. The van der Waals surface area contributed by atoms with Gasteiger partial charge in [-0.05, 0) is 47.0 Å². The van der Waals surface area contributed by atoms with E-state index in [1.807, 2.05) is 19.0 Å². The third kappa shape index (κ3) is 7.18. The van der Waals surface area contributed by atoms with Gasteiger partial charge in [0, 0.05) is 18.9 Å². The van der Waals surface area contributed by atoms with Crippen LogP contribution < -0.4 is 10.1 Å². The molecule has 0 fully saturated rings. The van der Waals surface area contributed by atoms with Crippen molar-refractivity contribution < 1.29 is 22.7 Å². The molecule has 0 heterocycles. The number of benzene rings is 1. The van der Waals surface area contributed by atoms with E-state index >= 15 is 0 Å². The van der Waals surface area contributed by atoms with E-state index in [1.54, 1.807) is 20.8 Å². The lowest BCUT2D eigenvalue weighted by molar-refractivity contribution is 0.0635. The van der Waals surface area contributed by atoms with Crippen molar-refractivity contribution in [2.75, 3.05) is 38.8 Å². The van der Waals surface area contributed by atoms with Gasteiger partial charge in [0.05, 0.1) is 10.6 Å². The van der Waals surface area contributed by atoms with Gasteiger partial charge < -0.3 is 14.4 Å². The topological polar surface area (TPSA) is 84.9 Å². The van der Waals surface area contributed by atoms with E-state index < -0.39 is 21.5 Å². The molecule has 0 bridgehead atoms. The Balaban J connectivity index is 3.02. The van der Waals surface area contributed by atoms with Gasteiger partial charge in [0.25, 0.3) is 0 Å². The summed E-state index contributed by atoms with van der Waals surface area (Å²) in [6, 6.07) is 4.31. The van der Waals surface area contributed by atoms with Crippen molar-refractivity contribution in [2.45, 2.75) is 31.3 Å². The van der Waals surface area contributed by atoms with E-state index in [1.165, 1.54) is 18.2 Å². The summed E-state index contributed by atoms with van der Waals surface area (Å²) in [6.07, 6.45) is 0.486. The van der Waals surface area contributed by atoms with Crippen LogP contribution in [0.2, 0.25) is 0 Å². The molecule has 1 aromatic rings. The first-order valence-corrected chi connectivity index (χ1v) is 9.39. The second kappa shape index (κ2) is 7.85. The molecule has 0 aliphatic heterocycles. The lowest BCUT2D eigenvalue weighted by Crippen LogP contribution is -2.27. The van der Waals surface area contributed by atoms with Gasteiger partial charge in [-0.2, -0.15) is 0 Å². The highest BCUT2D eigenvalue weighted by atomic mass is 32.2. The summed E-state index contributed by atoms with van der Waals surface area (Å²) in [5, 5.41) is 2.59. The van der Waals surface area contributed by atoms with Crippen molar-refractivity contribution in [3.8, 4) is 5.75 Å². The summed E-state index contributed by atoms with van der Waals surface area (Å²) in [6.45, 7) is 6.27. The Morgan fingerprint density at radius 3 is 2.38 bits per heavy atom. The van der Waals surface area contributed by atoms with Crippen LogP contribution >= 0.6 is 0 Å². The van der Waals surface area contributed by atoms with Gasteiger partial charge in [0.1, 0.15) is 18.0 Å². The average Bonchev–Trinajstić information content (AvgIpc) is 2.36. The molecule has 1 N–H and O–H groups in total. The molecule has 8 heteroatoms. The van der Waals surface area contributed by atoms with Crippen molar-refractivity contribution in [3.05, 3.63) is 18.2 Å². The number of ether oxygens (including phenoxy) is 2. The number of carbonyl (C=O) groups is 1. The summed E-state index contributed by atoms with van der Waals surface area (Å²) in [4.78, 5) is 14.0. The van der Waals surface area contributed by atoms with Gasteiger partial charge in [-0.15, -0.1) is 0 Å². The Morgan fingerprint density at radius 2 is 1.88 bits per heavy atom. The first-order valence-electron chi connectivity index (χ1n) is 7.50. The molecule has 1 amide bonds. The number of anilines is 1. The lowest BCUT2D eigenvalue weighted by Gasteiger charge is -2.21. The van der Waals surface area contributed by atoms with Crippen LogP contribution in [-0.4, -0.2) is 58.5 Å². The minimum atomic E-state index is -3.38. The first-order chi connectivity index (χ1) is 10.9. The minimum absolute atomic E-state index is 0.122. The Hall–Kier alpha value is -1.80. The molecule has 7 nitrogen and oxygen atoms in total. The van der Waals surface area contributed by atoms with Crippen LogP contribution in [0.25, 0.3) is 0 Å². The second-order valence-corrected chi connectivity index (χ2v) is 8.72. The molecule has 24 heavy (non-hydrogen) atoms. The van der Waals surface area contributed by atoms with Crippen LogP contribution in [0.5, 0.6) is 5.75 Å². The normalized spacial score (nSPS) is 12.1. The Kier molecular flexibility index (Phi) is 6.62. The number of nitrogens with one attached hydrogen (secondary N) is 1. The zero-order valence-electron chi connectivity index (χ0n) is 15.0. The van der Waals surface area contributed by atoms with E-state index in [4.69, 9.17) is 9.47 Å². The van der Waals surface area contributed by atoms with Crippen LogP contribution in [-0.2, 0) is 14.6 Å². The molecule has 1 rings (SSSR count). The maximum Gasteiger partial charge on any atom is 0.412 e. The fraction of sp³-hybridized carbons (Fsp3) is 0.562. The number of rotatable bonds is 6. The maximum absolute atomic E-state index is 11.9. The highest BCUT2D eigenvalue weighted by Gasteiger charge is 2.19. The Labute approximate surface area is 143 Å². The lowest BCUT2D eigenvalue weighted by atomic mass is 10.2. The minimum Gasteiger partial charge on any atom is -0.490 e. The molecule has 0 radical (unpaired) electrons. The van der Waals surface area contributed by atoms with Gasteiger partial charge in [-0.3, -0.25) is 5.32 Å². The fourth-order valence-electron chi connectivity index (χ4n) is 1.71. The zero-order chi connectivity index (χ0) is 18.5. The smallest absolute Gasteiger partial charge is 0.412 e. The quantitative estimate of drug-likeness (QED) is 0.840. The number of hydrogen-bond acceptors (Lipinski definition) is 6. The number of sulfone groups is 1. The molecule has 0 atom stereocenters. The molecule has 136 valence electrons. The summed E-state index contributed by atoms with van der Waals surface area (Å²) in [5.74, 6) is 0.283. The fourth-order valence-corrected chi connectivity index (χ4v) is 2.34. The predicted octanol–water partition coefficient (Wildman–Crippen LogP) is 2.38. The number of nitrogens with zero attached hydrogens (tertiary/aromatic N) is 1. The van der Waals surface area contributed by atoms with Gasteiger partial charge >= 0.3 is 6.09 Å². The van der Waals surface area contributed by atoms with Crippen LogP contribution in [0, 0.1) is 0 Å². The monoisotopic (exact) mass is 358 g/mol. The van der Waals surface area contributed by atoms with E-state index in [-0.39, 0.29) is 10.6 Å². The summed E-state index contributed by atoms with van der Waals surface area (Å²) in [7, 11) is 0.423. The van der Waals surface area contributed by atoms with Crippen LogP contribution in [0.3, 0.4) is 0 Å². The number of amides is 1. The standard InChI is InChI=1S/C16H26N2O5S/c1-16(2,3)23-15(19)17-13-8-7-12(24(6,20)21)11-14(13)22-10-9-18(4)5/h7-8,11H,9-10H2,1-6H3,(H,17,19). The van der Waals surface area contributed by atoms with E-state index in [9.17, 15) is 13.2 Å². The number of likely N-dealkylation sites (N-methyl/N-ethyl adjacent to an activating group) is 1. The van der Waals surface area contributed by atoms with Gasteiger partial charge in [0.2, 0.25) is 0 Å². The highest BCUT2D eigenvalue weighted by molar-refractivity contribution is 7.90. The molecule has 0 saturated heterocycles. The molecular formula is C16H26N2O5S. The molecule has 0 aliphatic carbocycles. The summed E-state index contributed by atoms with van der Waals surface area (Å²) in [5.41, 5.74) is -0.279. The maximum atomic E-state index is 11.9. The van der Waals surface area contributed by atoms with Crippen molar-refractivity contribution in [2.24, 2.45) is 0 Å². The predicted molar refractivity (Wildman–Crippen MR) is 93.5 cm³/mol. The van der Waals surface area contributed by atoms with Crippen LogP contribution in [0.1, 0.15) is 20.8 Å². The van der Waals surface area contributed by atoms with Crippen molar-refractivity contribution in [1.82, 2.24) is 4.90 Å². The van der Waals surface area contributed by atoms with Gasteiger partial charge in [-0.1, -0.05) is 0 Å². The van der Waals surface area contributed by atoms with E-state index in [2.05, 4.69) is 5.32 Å². The Bertz CT molecular complexity index is 678. The summed E-state index contributed by atoms with van der Waals surface area (Å²) < 4.78 is 34.3. The average molecular weight is 358 g/mol. The summed E-state index contributed by atoms with van der Waals surface area (Å²) >= 11 is 0. The molecule has 0 unspecified atom stereocenters. The third-order valence-electron chi connectivity index (χ3n) is 2.81. The molecule has 0 aromatic heterocycles. The number of hydrogen-bond donors (Lipinski definition) is 1. The third-order valence-corrected chi connectivity index (χ3v) is 3.92. The van der Waals surface area contributed by atoms with Crippen LogP contribution in [0.4, 0.5) is 10.5 Å². The van der Waals surface area contributed by atoms with Crippen molar-refractivity contribution >= 4 is 21.6 Å². The largest absolute Gasteiger partial charge is 0.490 e. The molecule has 1 aromatic carbocycles. The van der Waals surface area contributed by atoms with Crippen molar-refractivity contribution in [3.63, 3.8) is 0 Å².